The molecular weight excluding hydrogens is 194 g/mol. The van der Waals surface area contributed by atoms with Gasteiger partial charge >= 0.3 is 0 Å². The van der Waals surface area contributed by atoms with E-state index in [4.69, 9.17) is 0 Å². The zero-order chi connectivity index (χ0) is 12.4. The minimum Gasteiger partial charge on any atom is -0.317 e. The van der Waals surface area contributed by atoms with Crippen LogP contribution in [-0.4, -0.2) is 13.1 Å². The van der Waals surface area contributed by atoms with E-state index in [-0.39, 0.29) is 0 Å². The lowest BCUT2D eigenvalue weighted by Crippen LogP contribution is -2.18. The highest BCUT2D eigenvalue weighted by Gasteiger charge is 1.95. The van der Waals surface area contributed by atoms with E-state index in [2.05, 4.69) is 46.0 Å². The Morgan fingerprint density at radius 1 is 1.06 bits per heavy atom. The van der Waals surface area contributed by atoms with Crippen molar-refractivity contribution in [3.8, 4) is 0 Å². The van der Waals surface area contributed by atoms with Crippen LogP contribution < -0.4 is 5.32 Å². The van der Waals surface area contributed by atoms with Gasteiger partial charge < -0.3 is 5.32 Å². The highest BCUT2D eigenvalue weighted by Crippen LogP contribution is 2.09. The average Bonchev–Trinajstić information content (AvgIpc) is 2.14. The summed E-state index contributed by atoms with van der Waals surface area (Å²) < 4.78 is 0. The molecule has 0 spiro atoms. The van der Waals surface area contributed by atoms with Crippen molar-refractivity contribution in [2.24, 2.45) is 11.8 Å². The molecule has 0 aliphatic heterocycles. The summed E-state index contributed by atoms with van der Waals surface area (Å²) in [6.45, 7) is 13.7. The lowest BCUT2D eigenvalue weighted by Gasteiger charge is -2.07. The van der Waals surface area contributed by atoms with Crippen molar-refractivity contribution in [2.75, 3.05) is 13.1 Å². The molecule has 0 fully saturated rings. The van der Waals surface area contributed by atoms with E-state index in [1.54, 1.807) is 5.57 Å². The van der Waals surface area contributed by atoms with E-state index in [0.29, 0.717) is 5.92 Å². The Hall–Kier alpha value is -0.300. The average molecular weight is 225 g/mol. The first-order chi connectivity index (χ1) is 7.52. The van der Waals surface area contributed by atoms with Crippen LogP contribution in [0.5, 0.6) is 0 Å². The molecule has 0 aromatic heterocycles. The zero-order valence-corrected chi connectivity index (χ0v) is 12.0. The van der Waals surface area contributed by atoms with E-state index in [9.17, 15) is 0 Å². The van der Waals surface area contributed by atoms with Crippen molar-refractivity contribution in [3.63, 3.8) is 0 Å². The van der Waals surface area contributed by atoms with Gasteiger partial charge in [0, 0.05) is 0 Å². The number of rotatable bonds is 9. The summed E-state index contributed by atoms with van der Waals surface area (Å²) in [7, 11) is 0. The first-order valence-corrected chi connectivity index (χ1v) is 6.90. The third kappa shape index (κ3) is 11.8. The normalized spacial score (nSPS) is 12.8. The molecule has 0 bridgehead atoms. The second kappa shape index (κ2) is 9.89. The van der Waals surface area contributed by atoms with E-state index < -0.39 is 0 Å². The van der Waals surface area contributed by atoms with Crippen molar-refractivity contribution in [1.29, 1.82) is 0 Å². The van der Waals surface area contributed by atoms with Crippen molar-refractivity contribution in [3.05, 3.63) is 11.6 Å². The summed E-state index contributed by atoms with van der Waals surface area (Å²) in [5.41, 5.74) is 1.55. The number of hydrogen-bond donors (Lipinski definition) is 1. The van der Waals surface area contributed by atoms with Crippen molar-refractivity contribution in [1.82, 2.24) is 5.32 Å². The molecule has 0 amide bonds. The summed E-state index contributed by atoms with van der Waals surface area (Å²) >= 11 is 0. The number of nitrogens with one attached hydrogen (secondary N) is 1. The van der Waals surface area contributed by atoms with Gasteiger partial charge in [-0.1, -0.05) is 39.3 Å². The van der Waals surface area contributed by atoms with Crippen molar-refractivity contribution < 1.29 is 0 Å². The molecule has 0 heterocycles. The predicted octanol–water partition coefficient (Wildman–Crippen LogP) is 4.39. The van der Waals surface area contributed by atoms with Crippen molar-refractivity contribution >= 4 is 0 Å². The van der Waals surface area contributed by atoms with Gasteiger partial charge in [0.25, 0.3) is 0 Å². The minimum atomic E-state index is 0.698. The van der Waals surface area contributed by atoms with E-state index in [1.807, 2.05) is 0 Å². The molecule has 0 saturated heterocycles. The number of hydrogen-bond acceptors (Lipinski definition) is 1. The summed E-state index contributed by atoms with van der Waals surface area (Å²) in [6.07, 6.45) is 7.58. The summed E-state index contributed by atoms with van der Waals surface area (Å²) in [4.78, 5) is 0. The largest absolute Gasteiger partial charge is 0.317 e. The molecule has 0 rings (SSSR count). The molecule has 1 heteroatoms. The van der Waals surface area contributed by atoms with Crippen LogP contribution in [-0.2, 0) is 0 Å². The minimum absolute atomic E-state index is 0.698. The summed E-state index contributed by atoms with van der Waals surface area (Å²) in [5, 5.41) is 3.51. The monoisotopic (exact) mass is 225 g/mol. The van der Waals surface area contributed by atoms with Gasteiger partial charge in [-0.05, 0) is 57.5 Å². The number of unbranched alkanes of at least 4 members (excludes halogenated alkanes) is 1. The fraction of sp³-hybridized carbons (Fsp3) is 0.867. The molecule has 0 saturated carbocycles. The highest BCUT2D eigenvalue weighted by atomic mass is 14.8. The maximum Gasteiger partial charge on any atom is -0.00465 e. The van der Waals surface area contributed by atoms with Crippen LogP contribution in [0, 0.1) is 11.8 Å². The van der Waals surface area contributed by atoms with Crippen LogP contribution in [0.2, 0.25) is 0 Å². The Bertz CT molecular complexity index is 180. The van der Waals surface area contributed by atoms with Gasteiger partial charge in [-0.15, -0.1) is 0 Å². The van der Waals surface area contributed by atoms with Gasteiger partial charge in [0.15, 0.2) is 0 Å². The fourth-order valence-corrected chi connectivity index (χ4v) is 1.82. The molecule has 96 valence electrons. The molecule has 0 atom stereocenters. The van der Waals surface area contributed by atoms with Gasteiger partial charge in [-0.2, -0.15) is 0 Å². The van der Waals surface area contributed by atoms with Gasteiger partial charge in [0.05, 0.1) is 0 Å². The van der Waals surface area contributed by atoms with Crippen LogP contribution in [0.3, 0.4) is 0 Å². The Kier molecular flexibility index (Phi) is 9.71. The Morgan fingerprint density at radius 3 is 2.31 bits per heavy atom. The molecule has 0 aliphatic rings. The van der Waals surface area contributed by atoms with E-state index >= 15 is 0 Å². The second-order valence-corrected chi connectivity index (χ2v) is 5.65. The Labute approximate surface area is 103 Å². The first-order valence-electron chi connectivity index (χ1n) is 6.90. The molecular formula is C15H31N. The molecule has 0 aliphatic carbocycles. The van der Waals surface area contributed by atoms with Crippen molar-refractivity contribution in [2.45, 2.75) is 60.3 Å². The standard InChI is InChI=1S/C15H31N/c1-13(2)9-11-16-10-7-6-8-15(5)12-14(3)4/h12-14,16H,6-11H2,1-5H3/b15-12+. The number of allylic oxidation sites excluding steroid dienone is 2. The van der Waals surface area contributed by atoms with E-state index in [1.165, 1.54) is 38.8 Å². The maximum atomic E-state index is 3.51. The smallest absolute Gasteiger partial charge is 0.00465 e. The van der Waals surface area contributed by atoms with Crippen LogP contribution in [0.4, 0.5) is 0 Å². The van der Waals surface area contributed by atoms with Gasteiger partial charge in [0.1, 0.15) is 0 Å². The third-order valence-corrected chi connectivity index (χ3v) is 2.69. The molecule has 0 aromatic rings. The Balaban J connectivity index is 3.27. The lowest BCUT2D eigenvalue weighted by atomic mass is 10.1. The lowest BCUT2D eigenvalue weighted by molar-refractivity contribution is 0.527. The van der Waals surface area contributed by atoms with E-state index in [0.717, 1.165) is 5.92 Å². The summed E-state index contributed by atoms with van der Waals surface area (Å²) in [6, 6.07) is 0. The molecule has 0 radical (unpaired) electrons. The first kappa shape index (κ1) is 15.7. The highest BCUT2D eigenvalue weighted by molar-refractivity contribution is 4.99. The molecule has 0 unspecified atom stereocenters. The summed E-state index contributed by atoms with van der Waals surface area (Å²) in [5.74, 6) is 1.52. The quantitative estimate of drug-likeness (QED) is 0.453. The topological polar surface area (TPSA) is 12.0 Å². The van der Waals surface area contributed by atoms with Gasteiger partial charge in [-0.3, -0.25) is 0 Å². The van der Waals surface area contributed by atoms with Crippen LogP contribution in [0.15, 0.2) is 11.6 Å². The predicted molar refractivity (Wildman–Crippen MR) is 74.8 cm³/mol. The maximum absolute atomic E-state index is 3.51. The SMILES string of the molecule is C/C(=C\C(C)C)CCCCNCCC(C)C. The van der Waals surface area contributed by atoms with Crippen LogP contribution in [0.25, 0.3) is 0 Å². The van der Waals surface area contributed by atoms with Crippen LogP contribution >= 0.6 is 0 Å². The third-order valence-electron chi connectivity index (χ3n) is 2.69. The molecule has 1 nitrogen and oxygen atoms in total. The fourth-order valence-electron chi connectivity index (χ4n) is 1.82. The molecule has 16 heavy (non-hydrogen) atoms. The van der Waals surface area contributed by atoms with Gasteiger partial charge in [-0.25, -0.2) is 0 Å². The van der Waals surface area contributed by atoms with Gasteiger partial charge in [0.2, 0.25) is 0 Å². The zero-order valence-electron chi connectivity index (χ0n) is 12.0. The molecule has 0 aromatic carbocycles. The van der Waals surface area contributed by atoms with Crippen LogP contribution in [0.1, 0.15) is 60.3 Å². The molecule has 1 N–H and O–H groups in total. The second-order valence-electron chi connectivity index (χ2n) is 5.65. The Morgan fingerprint density at radius 2 is 1.75 bits per heavy atom.